The Bertz CT molecular complexity index is 364. The van der Waals surface area contributed by atoms with Crippen molar-refractivity contribution in [3.63, 3.8) is 0 Å². The molecule has 92 valence electrons. The minimum atomic E-state index is -3.05. The van der Waals surface area contributed by atoms with Crippen LogP contribution in [0.2, 0.25) is 0 Å². The third-order valence-corrected chi connectivity index (χ3v) is 4.18. The molecular formula is C9H15NO5S. The third kappa shape index (κ3) is 3.48. The summed E-state index contributed by atoms with van der Waals surface area (Å²) in [4.78, 5) is 23.1. The Hall–Kier alpha value is -1.11. The first-order valence-electron chi connectivity index (χ1n) is 5.05. The first kappa shape index (κ1) is 13.0. The average Bonchev–Trinajstić information content (AvgIpc) is 2.55. The Morgan fingerprint density at radius 1 is 1.56 bits per heavy atom. The van der Waals surface area contributed by atoms with E-state index in [9.17, 15) is 18.0 Å². The van der Waals surface area contributed by atoms with Crippen LogP contribution in [0.3, 0.4) is 0 Å². The zero-order valence-electron chi connectivity index (χ0n) is 9.09. The lowest BCUT2D eigenvalue weighted by Crippen LogP contribution is -2.39. The van der Waals surface area contributed by atoms with Gasteiger partial charge in [-0.3, -0.25) is 9.59 Å². The van der Waals surface area contributed by atoms with Gasteiger partial charge in [-0.1, -0.05) is 0 Å². The van der Waals surface area contributed by atoms with Gasteiger partial charge in [0.2, 0.25) is 6.41 Å². The van der Waals surface area contributed by atoms with Crippen LogP contribution in [0, 0.1) is 0 Å². The minimum absolute atomic E-state index is 0.0643. The number of rotatable bonds is 5. The van der Waals surface area contributed by atoms with Gasteiger partial charge in [0, 0.05) is 6.04 Å². The smallest absolute Gasteiger partial charge is 0.325 e. The van der Waals surface area contributed by atoms with Crippen molar-refractivity contribution < 1.29 is 22.7 Å². The first-order valence-corrected chi connectivity index (χ1v) is 6.87. The molecular weight excluding hydrogens is 234 g/mol. The van der Waals surface area contributed by atoms with Gasteiger partial charge in [-0.2, -0.15) is 0 Å². The van der Waals surface area contributed by atoms with Crippen LogP contribution in [0.5, 0.6) is 0 Å². The van der Waals surface area contributed by atoms with E-state index in [1.54, 1.807) is 6.92 Å². The monoisotopic (exact) mass is 249 g/mol. The molecule has 1 fully saturated rings. The molecule has 0 aromatic heterocycles. The van der Waals surface area contributed by atoms with Gasteiger partial charge in [0.25, 0.3) is 0 Å². The Morgan fingerprint density at radius 3 is 2.69 bits per heavy atom. The Morgan fingerprint density at radius 2 is 2.25 bits per heavy atom. The first-order chi connectivity index (χ1) is 7.48. The standard InChI is InChI=1S/C9H15NO5S/c1-2-15-9(12)5-10(7-11)8-3-4-16(13,14)6-8/h7-8H,2-6H2,1H3/t8-/m1/s1. The predicted octanol–water partition coefficient (Wildman–Crippen LogP) is -0.805. The molecule has 6 nitrogen and oxygen atoms in total. The van der Waals surface area contributed by atoms with Crippen molar-refractivity contribution in [3.8, 4) is 0 Å². The average molecular weight is 249 g/mol. The molecule has 0 bridgehead atoms. The van der Waals surface area contributed by atoms with Crippen LogP contribution in [0.25, 0.3) is 0 Å². The van der Waals surface area contributed by atoms with Gasteiger partial charge in [-0.25, -0.2) is 8.42 Å². The van der Waals surface area contributed by atoms with E-state index >= 15 is 0 Å². The Balaban J connectivity index is 2.56. The van der Waals surface area contributed by atoms with Gasteiger partial charge in [0.05, 0.1) is 18.1 Å². The molecule has 1 aliphatic heterocycles. The van der Waals surface area contributed by atoms with E-state index in [0.717, 1.165) is 0 Å². The van der Waals surface area contributed by atoms with Crippen molar-refractivity contribution >= 4 is 22.2 Å². The highest BCUT2D eigenvalue weighted by atomic mass is 32.2. The molecule has 0 unspecified atom stereocenters. The summed E-state index contributed by atoms with van der Waals surface area (Å²) in [6, 6.07) is -0.396. The zero-order valence-corrected chi connectivity index (χ0v) is 9.90. The van der Waals surface area contributed by atoms with E-state index in [2.05, 4.69) is 0 Å². The molecule has 0 N–H and O–H groups in total. The molecule has 16 heavy (non-hydrogen) atoms. The number of hydrogen-bond donors (Lipinski definition) is 0. The summed E-state index contributed by atoms with van der Waals surface area (Å²) >= 11 is 0. The van der Waals surface area contributed by atoms with Crippen molar-refractivity contribution in [2.75, 3.05) is 24.7 Å². The Labute approximate surface area is 94.5 Å². The second-order valence-corrected chi connectivity index (χ2v) is 5.87. The molecule has 0 saturated carbocycles. The number of hydrogen-bond acceptors (Lipinski definition) is 5. The maximum absolute atomic E-state index is 11.2. The number of nitrogens with zero attached hydrogens (tertiary/aromatic N) is 1. The summed E-state index contributed by atoms with van der Waals surface area (Å²) < 4.78 is 27.1. The lowest BCUT2D eigenvalue weighted by Gasteiger charge is -2.22. The fraction of sp³-hybridized carbons (Fsp3) is 0.778. The fourth-order valence-corrected chi connectivity index (χ4v) is 3.39. The SMILES string of the molecule is CCOC(=O)CN(C=O)[C@@H]1CCS(=O)(=O)C1. The number of ether oxygens (including phenoxy) is 1. The maximum atomic E-state index is 11.2. The summed E-state index contributed by atoms with van der Waals surface area (Å²) in [5.41, 5.74) is 0. The number of carbonyl (C=O) groups is 2. The highest BCUT2D eigenvalue weighted by Gasteiger charge is 2.32. The third-order valence-electron chi connectivity index (χ3n) is 2.43. The van der Waals surface area contributed by atoms with Crippen molar-refractivity contribution in [1.29, 1.82) is 0 Å². The molecule has 7 heteroatoms. The molecule has 0 aromatic carbocycles. The van der Waals surface area contributed by atoms with Crippen molar-refractivity contribution in [1.82, 2.24) is 4.90 Å². The summed E-state index contributed by atoms with van der Waals surface area (Å²) in [6.07, 6.45) is 0.892. The normalized spacial score (nSPS) is 22.7. The van der Waals surface area contributed by atoms with Gasteiger partial charge >= 0.3 is 5.97 Å². The summed E-state index contributed by atoms with van der Waals surface area (Å²) in [5, 5.41) is 0. The molecule has 0 radical (unpaired) electrons. The largest absolute Gasteiger partial charge is 0.465 e. The van der Waals surface area contributed by atoms with Gasteiger partial charge in [-0.05, 0) is 13.3 Å². The molecule has 1 rings (SSSR count). The molecule has 1 atom stereocenters. The number of amides is 1. The van der Waals surface area contributed by atoms with E-state index < -0.39 is 21.8 Å². The van der Waals surface area contributed by atoms with E-state index in [1.807, 2.05) is 0 Å². The highest BCUT2D eigenvalue weighted by Crippen LogP contribution is 2.16. The van der Waals surface area contributed by atoms with Gasteiger partial charge < -0.3 is 9.64 Å². The van der Waals surface area contributed by atoms with Crippen molar-refractivity contribution in [2.45, 2.75) is 19.4 Å². The number of carbonyl (C=O) groups excluding carboxylic acids is 2. The minimum Gasteiger partial charge on any atom is -0.465 e. The van der Waals surface area contributed by atoms with Gasteiger partial charge in [0.1, 0.15) is 6.54 Å². The van der Waals surface area contributed by atoms with E-state index in [-0.39, 0.29) is 24.7 Å². The lowest BCUT2D eigenvalue weighted by molar-refractivity contribution is -0.147. The highest BCUT2D eigenvalue weighted by molar-refractivity contribution is 7.91. The summed E-state index contributed by atoms with van der Waals surface area (Å²) in [7, 11) is -3.05. The second kappa shape index (κ2) is 5.29. The predicted molar refractivity (Wildman–Crippen MR) is 56.5 cm³/mol. The zero-order chi connectivity index (χ0) is 12.2. The van der Waals surface area contributed by atoms with Crippen LogP contribution >= 0.6 is 0 Å². The molecule has 1 amide bonds. The quantitative estimate of drug-likeness (QED) is 0.470. The van der Waals surface area contributed by atoms with Gasteiger partial charge in [0.15, 0.2) is 9.84 Å². The van der Waals surface area contributed by atoms with Crippen LogP contribution in [0.4, 0.5) is 0 Å². The molecule has 1 heterocycles. The van der Waals surface area contributed by atoms with Gasteiger partial charge in [-0.15, -0.1) is 0 Å². The van der Waals surface area contributed by atoms with Crippen LogP contribution in [-0.4, -0.2) is 56.4 Å². The fourth-order valence-electron chi connectivity index (χ4n) is 1.65. The molecule has 1 saturated heterocycles. The van der Waals surface area contributed by atoms with Crippen molar-refractivity contribution in [3.05, 3.63) is 0 Å². The van der Waals surface area contributed by atoms with Crippen LogP contribution in [0.1, 0.15) is 13.3 Å². The summed E-state index contributed by atoms with van der Waals surface area (Å²) in [5.74, 6) is -0.505. The Kier molecular flexibility index (Phi) is 4.28. The molecule has 1 aliphatic rings. The molecule has 0 aliphatic carbocycles. The maximum Gasteiger partial charge on any atom is 0.325 e. The van der Waals surface area contributed by atoms with E-state index in [1.165, 1.54) is 4.90 Å². The van der Waals surface area contributed by atoms with E-state index in [4.69, 9.17) is 4.74 Å². The molecule has 0 aromatic rings. The number of esters is 1. The lowest BCUT2D eigenvalue weighted by atomic mass is 10.2. The number of sulfone groups is 1. The van der Waals surface area contributed by atoms with Crippen molar-refractivity contribution in [2.24, 2.45) is 0 Å². The van der Waals surface area contributed by atoms with Crippen LogP contribution < -0.4 is 0 Å². The van der Waals surface area contributed by atoms with Crippen LogP contribution in [-0.2, 0) is 24.2 Å². The van der Waals surface area contributed by atoms with E-state index in [0.29, 0.717) is 12.8 Å². The topological polar surface area (TPSA) is 80.8 Å². The second-order valence-electron chi connectivity index (χ2n) is 3.64. The van der Waals surface area contributed by atoms with Crippen LogP contribution in [0.15, 0.2) is 0 Å². The summed E-state index contributed by atoms with van der Waals surface area (Å²) in [6.45, 7) is 1.73. The molecule has 0 spiro atoms.